The Morgan fingerprint density at radius 1 is 0.846 bits per heavy atom. The molecule has 0 amide bonds. The number of benzene rings is 3. The first-order valence-corrected chi connectivity index (χ1v) is 8.81. The van der Waals surface area contributed by atoms with Crippen molar-refractivity contribution in [2.24, 2.45) is 0 Å². The molecule has 0 aliphatic carbocycles. The second kappa shape index (κ2) is 7.61. The van der Waals surface area contributed by atoms with Crippen molar-refractivity contribution in [1.82, 2.24) is 0 Å². The first-order valence-electron chi connectivity index (χ1n) is 8.81. The fourth-order valence-corrected chi connectivity index (χ4v) is 2.94. The van der Waals surface area contributed by atoms with Gasteiger partial charge in [-0.15, -0.1) is 0 Å². The predicted octanol–water partition coefficient (Wildman–Crippen LogP) is 5.15. The van der Waals surface area contributed by atoms with E-state index in [4.69, 9.17) is 9.47 Å². The summed E-state index contributed by atoms with van der Waals surface area (Å²) in [6.45, 7) is 5.44. The van der Waals surface area contributed by atoms with Crippen LogP contribution in [0.25, 0.3) is 10.8 Å². The number of hydrogen-bond donors (Lipinski definition) is 0. The van der Waals surface area contributed by atoms with Gasteiger partial charge in [-0.05, 0) is 49.8 Å². The number of fused-ring (bicyclic) bond motifs is 1. The monoisotopic (exact) mass is 348 g/mol. The number of ether oxygens (including phenoxy) is 2. The lowest BCUT2D eigenvalue weighted by Gasteiger charge is -2.20. The molecule has 3 heteroatoms. The van der Waals surface area contributed by atoms with E-state index >= 15 is 0 Å². The minimum atomic E-state index is -0.512. The van der Waals surface area contributed by atoms with Crippen LogP contribution in [0, 0.1) is 0 Å². The summed E-state index contributed by atoms with van der Waals surface area (Å²) in [5.74, 6) is 0.332. The molecule has 3 aromatic carbocycles. The van der Waals surface area contributed by atoms with E-state index in [0.29, 0.717) is 5.75 Å². The van der Waals surface area contributed by atoms with Gasteiger partial charge in [-0.2, -0.15) is 0 Å². The van der Waals surface area contributed by atoms with Crippen molar-refractivity contribution >= 4 is 16.7 Å². The summed E-state index contributed by atoms with van der Waals surface area (Å²) in [4.78, 5) is 11.9. The molecule has 134 valence electrons. The maximum Gasteiger partial charge on any atom is 0.344 e. The molecule has 0 heterocycles. The molecular formula is C23H24O3. The molecule has 0 aliphatic rings. The Labute approximate surface area is 154 Å². The number of carbonyl (C=O) groups is 1. The van der Waals surface area contributed by atoms with E-state index in [1.54, 1.807) is 0 Å². The van der Waals surface area contributed by atoms with E-state index in [9.17, 15) is 4.79 Å². The van der Waals surface area contributed by atoms with Crippen LogP contribution in [-0.2, 0) is 16.0 Å². The Hall–Kier alpha value is -2.81. The normalized spacial score (nSPS) is 11.3. The number of carbonyl (C=O) groups excluding carboxylic acids is 1. The van der Waals surface area contributed by atoms with Crippen molar-refractivity contribution in [1.29, 1.82) is 0 Å². The van der Waals surface area contributed by atoms with Crippen molar-refractivity contribution in [2.75, 3.05) is 6.61 Å². The van der Waals surface area contributed by atoms with Crippen LogP contribution in [0.5, 0.6) is 5.75 Å². The smallest absolute Gasteiger partial charge is 0.344 e. The summed E-state index contributed by atoms with van der Waals surface area (Å²) in [6.07, 6.45) is 0.855. The molecule has 0 aliphatic heterocycles. The number of esters is 1. The standard InChI is InChI=1S/C23H24O3/c1-23(2,3)26-22(24)16-25-21-14-13-18(15-17-9-5-4-6-10-17)19-11-7-8-12-20(19)21/h4-14H,15-16H2,1-3H3. The lowest BCUT2D eigenvalue weighted by molar-refractivity contribution is -0.157. The minimum Gasteiger partial charge on any atom is -0.481 e. The van der Waals surface area contributed by atoms with Gasteiger partial charge in [0.05, 0.1) is 0 Å². The minimum absolute atomic E-state index is 0.0979. The van der Waals surface area contributed by atoms with Crippen LogP contribution in [0.2, 0.25) is 0 Å². The fourth-order valence-electron chi connectivity index (χ4n) is 2.94. The second-order valence-electron chi connectivity index (χ2n) is 7.31. The molecule has 0 saturated heterocycles. The third kappa shape index (κ3) is 4.63. The maximum absolute atomic E-state index is 11.9. The second-order valence-corrected chi connectivity index (χ2v) is 7.31. The van der Waals surface area contributed by atoms with Gasteiger partial charge in [0.15, 0.2) is 6.61 Å². The molecule has 0 N–H and O–H groups in total. The molecule has 0 unspecified atom stereocenters. The van der Waals surface area contributed by atoms with E-state index < -0.39 is 5.60 Å². The fraction of sp³-hybridized carbons (Fsp3) is 0.261. The quantitative estimate of drug-likeness (QED) is 0.598. The van der Waals surface area contributed by atoms with Crippen molar-refractivity contribution < 1.29 is 14.3 Å². The van der Waals surface area contributed by atoms with Gasteiger partial charge in [-0.25, -0.2) is 4.79 Å². The zero-order valence-electron chi connectivity index (χ0n) is 15.5. The number of hydrogen-bond acceptors (Lipinski definition) is 3. The van der Waals surface area contributed by atoms with Crippen molar-refractivity contribution in [3.63, 3.8) is 0 Å². The van der Waals surface area contributed by atoms with Gasteiger partial charge in [-0.3, -0.25) is 0 Å². The Balaban J connectivity index is 1.82. The number of rotatable bonds is 5. The van der Waals surface area contributed by atoms with Gasteiger partial charge >= 0.3 is 5.97 Å². The molecule has 3 aromatic rings. The van der Waals surface area contributed by atoms with Crippen molar-refractivity contribution in [3.8, 4) is 5.75 Å². The van der Waals surface area contributed by atoms with E-state index in [2.05, 4.69) is 36.4 Å². The molecular weight excluding hydrogens is 324 g/mol. The molecule has 0 spiro atoms. The largest absolute Gasteiger partial charge is 0.481 e. The van der Waals surface area contributed by atoms with Crippen molar-refractivity contribution in [3.05, 3.63) is 77.9 Å². The molecule has 0 aromatic heterocycles. The van der Waals surface area contributed by atoms with Gasteiger partial charge in [0, 0.05) is 5.39 Å². The Kier molecular flexibility index (Phi) is 5.27. The Morgan fingerprint density at radius 2 is 1.50 bits per heavy atom. The summed E-state index contributed by atoms with van der Waals surface area (Å²) >= 11 is 0. The van der Waals surface area contributed by atoms with Gasteiger partial charge < -0.3 is 9.47 Å². The van der Waals surface area contributed by atoms with Crippen LogP contribution in [0.3, 0.4) is 0 Å². The molecule has 0 saturated carbocycles. The zero-order chi connectivity index (χ0) is 18.6. The first kappa shape index (κ1) is 18.0. The third-order valence-corrected chi connectivity index (χ3v) is 3.98. The summed E-state index contributed by atoms with van der Waals surface area (Å²) in [5, 5.41) is 2.14. The van der Waals surface area contributed by atoms with Crippen LogP contribution in [0.1, 0.15) is 31.9 Å². The zero-order valence-corrected chi connectivity index (χ0v) is 15.5. The topological polar surface area (TPSA) is 35.5 Å². The predicted molar refractivity (Wildman–Crippen MR) is 105 cm³/mol. The van der Waals surface area contributed by atoms with E-state index in [1.807, 2.05) is 51.1 Å². The highest BCUT2D eigenvalue weighted by molar-refractivity contribution is 5.91. The average molecular weight is 348 g/mol. The summed E-state index contributed by atoms with van der Waals surface area (Å²) in [6, 6.07) is 22.5. The maximum atomic E-state index is 11.9. The molecule has 0 bridgehead atoms. The van der Waals surface area contributed by atoms with Crippen molar-refractivity contribution in [2.45, 2.75) is 32.8 Å². The highest BCUT2D eigenvalue weighted by Crippen LogP contribution is 2.30. The summed E-state index contributed by atoms with van der Waals surface area (Å²) in [5.41, 5.74) is 1.98. The molecule has 0 radical (unpaired) electrons. The highest BCUT2D eigenvalue weighted by atomic mass is 16.6. The van der Waals surface area contributed by atoms with Crippen LogP contribution in [0.15, 0.2) is 66.7 Å². The van der Waals surface area contributed by atoms with Crippen LogP contribution >= 0.6 is 0 Å². The lowest BCUT2D eigenvalue weighted by atomic mass is 9.98. The van der Waals surface area contributed by atoms with Gasteiger partial charge in [0.1, 0.15) is 11.4 Å². The van der Waals surface area contributed by atoms with Gasteiger partial charge in [0.25, 0.3) is 0 Å². The average Bonchev–Trinajstić information content (AvgIpc) is 2.60. The SMILES string of the molecule is CC(C)(C)OC(=O)COc1ccc(Cc2ccccc2)c2ccccc12. The summed E-state index contributed by atoms with van der Waals surface area (Å²) in [7, 11) is 0. The Morgan fingerprint density at radius 3 is 2.19 bits per heavy atom. The summed E-state index contributed by atoms with van der Waals surface area (Å²) < 4.78 is 11.1. The lowest BCUT2D eigenvalue weighted by Crippen LogP contribution is -2.27. The third-order valence-electron chi connectivity index (χ3n) is 3.98. The molecule has 26 heavy (non-hydrogen) atoms. The van der Waals surface area contributed by atoms with Gasteiger partial charge in [-0.1, -0.05) is 60.7 Å². The molecule has 0 fully saturated rings. The molecule has 0 atom stereocenters. The highest BCUT2D eigenvalue weighted by Gasteiger charge is 2.17. The molecule has 3 rings (SSSR count). The van der Waals surface area contributed by atoms with E-state index in [-0.39, 0.29) is 12.6 Å². The van der Waals surface area contributed by atoms with Gasteiger partial charge in [0.2, 0.25) is 0 Å². The van der Waals surface area contributed by atoms with E-state index in [0.717, 1.165) is 17.2 Å². The van der Waals surface area contributed by atoms with Crippen LogP contribution in [-0.4, -0.2) is 18.2 Å². The van der Waals surface area contributed by atoms with Crippen LogP contribution in [0.4, 0.5) is 0 Å². The van der Waals surface area contributed by atoms with E-state index in [1.165, 1.54) is 11.1 Å². The Bertz CT molecular complexity index is 892. The first-order chi connectivity index (χ1) is 12.4. The van der Waals surface area contributed by atoms with Crippen LogP contribution < -0.4 is 4.74 Å². The molecule has 3 nitrogen and oxygen atoms in total.